The number of rotatable bonds is 23. The second kappa shape index (κ2) is 21.8. The Balaban J connectivity index is 1.30. The van der Waals surface area contributed by atoms with E-state index in [0.717, 1.165) is 6.42 Å². The number of hydrogen-bond acceptors (Lipinski definition) is 14. The first-order chi connectivity index (χ1) is 29.2. The standard InChI is InChI=1S/C39H64N10O13/c1-20(2)10-11-26-38(4,62-26)31-30(59-5)25(12-13-39(31)19-60-39)61-37(58)45-18-28(51)47-22(8-6-14-43-36(41)42)33(55)44-17-27(50)48-23(16-29(52)53)34(56)46-21(3)35(57)49-15-7-9-24(49)32(40)54/h10,21-27,30-31,48,50H,6-9,11-19H2,1-5H3,(H2,40,54)(H,44,55)(H,45,58)(H,46,56)(H,47,51)(H,52,53)(H4,41,42,43)/t21-,22-,23-,24?,25+,26+,27?,30+,31+,38-,39-/m0/s1. The summed E-state index contributed by atoms with van der Waals surface area (Å²) < 4.78 is 23.9. The molecule has 1 saturated carbocycles. The number of methoxy groups -OCH3 is 1. The van der Waals surface area contributed by atoms with Crippen molar-refractivity contribution in [3.8, 4) is 0 Å². The van der Waals surface area contributed by atoms with Crippen LogP contribution in [0.3, 0.4) is 0 Å². The van der Waals surface area contributed by atoms with Gasteiger partial charge in [0.15, 0.2) is 5.96 Å². The Kier molecular flexibility index (Phi) is 17.4. The molecule has 23 heteroatoms. The molecule has 348 valence electrons. The Morgan fingerprint density at radius 1 is 1.03 bits per heavy atom. The summed E-state index contributed by atoms with van der Waals surface area (Å²) in [5, 5.41) is 32.4. The van der Waals surface area contributed by atoms with E-state index in [4.69, 9.17) is 36.1 Å². The third-order valence-electron chi connectivity index (χ3n) is 11.6. The Labute approximate surface area is 359 Å². The van der Waals surface area contributed by atoms with Crippen LogP contribution in [0.25, 0.3) is 0 Å². The summed E-state index contributed by atoms with van der Waals surface area (Å²) in [5.41, 5.74) is 16.4. The number of aliphatic imine (C=N–C) groups is 1. The van der Waals surface area contributed by atoms with Crippen LogP contribution in [0.4, 0.5) is 4.79 Å². The number of hydrogen-bond donors (Lipinski definition) is 10. The SMILES string of the molecule is CO[C@@H]1[C@H](OC(=O)NCC(=O)N[C@@H](CCCN=C(N)N)C(=O)NCC(O)N[C@@H](CC(=O)O)C(=O)N[C@@H](C)C(=O)N2CCCC2C(N)=O)CC[C@]2(CO2)[C@H]1[C@@]1(C)O[C@@H]1CC=C(C)C. The zero-order valence-corrected chi connectivity index (χ0v) is 36.0. The van der Waals surface area contributed by atoms with Gasteiger partial charge in [-0.1, -0.05) is 11.6 Å². The number of aliphatic carboxylic acids is 1. The van der Waals surface area contributed by atoms with Gasteiger partial charge in [0.1, 0.15) is 54.3 Å². The van der Waals surface area contributed by atoms with Gasteiger partial charge in [0.25, 0.3) is 0 Å². The van der Waals surface area contributed by atoms with Crippen molar-refractivity contribution >= 4 is 47.6 Å². The van der Waals surface area contributed by atoms with Gasteiger partial charge in [-0.2, -0.15) is 0 Å². The molecule has 3 aliphatic heterocycles. The highest BCUT2D eigenvalue weighted by atomic mass is 16.6. The minimum Gasteiger partial charge on any atom is -0.481 e. The van der Waals surface area contributed by atoms with E-state index in [1.54, 1.807) is 7.11 Å². The summed E-state index contributed by atoms with van der Waals surface area (Å²) in [6, 6.07) is -4.77. The van der Waals surface area contributed by atoms with E-state index >= 15 is 0 Å². The van der Waals surface area contributed by atoms with Crippen LogP contribution in [0, 0.1) is 5.92 Å². The molecule has 1 aliphatic carbocycles. The maximum Gasteiger partial charge on any atom is 0.407 e. The van der Waals surface area contributed by atoms with Crippen LogP contribution in [0.5, 0.6) is 0 Å². The smallest absolute Gasteiger partial charge is 0.407 e. The molecular formula is C39H64N10O13. The minimum atomic E-state index is -1.68. The van der Waals surface area contributed by atoms with Gasteiger partial charge in [0.05, 0.1) is 37.6 Å². The number of nitrogens with one attached hydrogen (secondary N) is 5. The molecule has 3 saturated heterocycles. The van der Waals surface area contributed by atoms with E-state index in [9.17, 15) is 43.8 Å². The van der Waals surface area contributed by atoms with E-state index in [-0.39, 0.29) is 43.9 Å². The molecule has 4 aliphatic rings. The number of aliphatic hydroxyl groups is 1. The van der Waals surface area contributed by atoms with E-state index in [0.29, 0.717) is 32.3 Å². The molecule has 4 rings (SSSR count). The van der Waals surface area contributed by atoms with Crippen LogP contribution in [0.15, 0.2) is 16.6 Å². The van der Waals surface area contributed by atoms with Gasteiger partial charge in [-0.25, -0.2) is 4.79 Å². The number of primary amides is 1. The van der Waals surface area contributed by atoms with Crippen molar-refractivity contribution in [1.82, 2.24) is 31.5 Å². The molecule has 3 heterocycles. The van der Waals surface area contributed by atoms with Gasteiger partial charge >= 0.3 is 12.1 Å². The predicted molar refractivity (Wildman–Crippen MR) is 219 cm³/mol. The van der Waals surface area contributed by atoms with E-state index in [2.05, 4.69) is 37.7 Å². The predicted octanol–water partition coefficient (Wildman–Crippen LogP) is -2.82. The molecule has 62 heavy (non-hydrogen) atoms. The van der Waals surface area contributed by atoms with E-state index < -0.39 is 115 Å². The summed E-state index contributed by atoms with van der Waals surface area (Å²) >= 11 is 0. The lowest BCUT2D eigenvalue weighted by molar-refractivity contribution is -0.142. The highest BCUT2D eigenvalue weighted by Crippen LogP contribution is 2.59. The zero-order chi connectivity index (χ0) is 45.9. The third kappa shape index (κ3) is 13.4. The minimum absolute atomic E-state index is 0.0180. The number of aliphatic hydroxyl groups excluding tert-OH is 1. The van der Waals surface area contributed by atoms with Gasteiger partial charge < -0.3 is 72.5 Å². The summed E-state index contributed by atoms with van der Waals surface area (Å²) in [6.07, 6.45) is 0.452. The molecular weight excluding hydrogens is 816 g/mol. The largest absolute Gasteiger partial charge is 0.481 e. The fourth-order valence-electron chi connectivity index (χ4n) is 8.38. The number of carboxylic acids is 1. The fraction of sp³-hybridized carbons (Fsp3) is 0.744. The van der Waals surface area contributed by atoms with Gasteiger partial charge in [0.2, 0.25) is 29.5 Å². The van der Waals surface area contributed by atoms with Crippen LogP contribution in [0.1, 0.15) is 79.1 Å². The molecule has 11 atom stereocenters. The molecule has 6 amide bonds. The molecule has 23 nitrogen and oxygen atoms in total. The number of allylic oxidation sites excluding steroid dienone is 1. The Hall–Kier alpha value is -5.10. The second-order valence-corrected chi connectivity index (χ2v) is 16.6. The maximum absolute atomic E-state index is 13.3. The van der Waals surface area contributed by atoms with Crippen molar-refractivity contribution in [3.05, 3.63) is 11.6 Å². The first-order valence-corrected chi connectivity index (χ1v) is 20.8. The summed E-state index contributed by atoms with van der Waals surface area (Å²) in [5.74, 6) is -5.55. The maximum atomic E-state index is 13.3. The first kappa shape index (κ1) is 49.6. The second-order valence-electron chi connectivity index (χ2n) is 16.6. The normalized spacial score (nSPS) is 28.0. The van der Waals surface area contributed by atoms with Crippen molar-refractivity contribution in [2.45, 2.75) is 139 Å². The fourth-order valence-corrected chi connectivity index (χ4v) is 8.38. The number of guanidine groups is 1. The number of carboxylic acid groups (broad SMARTS) is 1. The number of nitrogens with two attached hydrogens (primary N) is 3. The van der Waals surface area contributed by atoms with Crippen LogP contribution >= 0.6 is 0 Å². The van der Waals surface area contributed by atoms with Gasteiger partial charge in [-0.15, -0.1) is 0 Å². The Morgan fingerprint density at radius 2 is 1.74 bits per heavy atom. The van der Waals surface area contributed by atoms with E-state index in [1.807, 2.05) is 20.8 Å². The number of epoxide rings is 2. The molecule has 0 aromatic rings. The number of carbonyl (C=O) groups is 7. The highest BCUT2D eigenvalue weighted by Gasteiger charge is 2.72. The van der Waals surface area contributed by atoms with Gasteiger partial charge in [0, 0.05) is 20.2 Å². The van der Waals surface area contributed by atoms with Crippen molar-refractivity contribution in [2.75, 3.05) is 39.9 Å². The zero-order valence-electron chi connectivity index (χ0n) is 36.0. The lowest BCUT2D eigenvalue weighted by atomic mass is 9.68. The number of amides is 6. The number of likely N-dealkylation sites (tertiary alicyclic amines) is 1. The molecule has 0 radical (unpaired) electrons. The van der Waals surface area contributed by atoms with Gasteiger partial charge in [-0.05, 0) is 72.6 Å². The van der Waals surface area contributed by atoms with Crippen molar-refractivity contribution in [1.29, 1.82) is 0 Å². The van der Waals surface area contributed by atoms with Gasteiger partial charge in [-0.3, -0.25) is 39.1 Å². The Bertz CT molecular complexity index is 1720. The van der Waals surface area contributed by atoms with Crippen molar-refractivity contribution in [2.24, 2.45) is 28.1 Å². The van der Waals surface area contributed by atoms with Crippen molar-refractivity contribution in [3.63, 3.8) is 0 Å². The average molecular weight is 881 g/mol. The summed E-state index contributed by atoms with van der Waals surface area (Å²) in [4.78, 5) is 94.0. The van der Waals surface area contributed by atoms with Crippen LogP contribution in [-0.4, -0.2) is 162 Å². The lowest BCUT2D eigenvalue weighted by Crippen LogP contribution is -2.57. The average Bonchev–Trinajstić information content (AvgIpc) is 4.05. The Morgan fingerprint density at radius 3 is 2.35 bits per heavy atom. The van der Waals surface area contributed by atoms with E-state index in [1.165, 1.54) is 17.4 Å². The number of carbonyl (C=O) groups excluding carboxylic acids is 6. The monoisotopic (exact) mass is 880 g/mol. The summed E-state index contributed by atoms with van der Waals surface area (Å²) in [7, 11) is 1.54. The topological polar surface area (TPSA) is 357 Å². The molecule has 0 bridgehead atoms. The number of alkyl carbamates (subject to hydrolysis) is 1. The van der Waals surface area contributed by atoms with Crippen LogP contribution in [0.2, 0.25) is 0 Å². The molecule has 0 aromatic heterocycles. The highest BCUT2D eigenvalue weighted by molar-refractivity contribution is 5.94. The van der Waals surface area contributed by atoms with Crippen molar-refractivity contribution < 1.29 is 62.7 Å². The molecule has 1 spiro atoms. The molecule has 0 aromatic carbocycles. The quantitative estimate of drug-likeness (QED) is 0.0124. The van der Waals surface area contributed by atoms with Crippen LogP contribution < -0.4 is 43.8 Å². The summed E-state index contributed by atoms with van der Waals surface area (Å²) in [6.45, 7) is 7.21. The number of nitrogens with zero attached hydrogens (tertiary/aromatic N) is 2. The number of ether oxygens (including phenoxy) is 4. The third-order valence-corrected chi connectivity index (χ3v) is 11.6. The lowest BCUT2D eigenvalue weighted by Gasteiger charge is -2.42. The first-order valence-electron chi connectivity index (χ1n) is 20.8. The molecule has 2 unspecified atom stereocenters. The molecule has 4 fully saturated rings. The van der Waals surface area contributed by atoms with Crippen LogP contribution in [-0.2, 0) is 47.7 Å². The molecule has 13 N–H and O–H groups in total.